The van der Waals surface area contributed by atoms with Crippen LogP contribution in [0, 0.1) is 5.92 Å². The van der Waals surface area contributed by atoms with E-state index in [1.54, 1.807) is 36.3 Å². The highest BCUT2D eigenvalue weighted by molar-refractivity contribution is 6.07. The van der Waals surface area contributed by atoms with E-state index in [2.05, 4.69) is 12.2 Å². The summed E-state index contributed by atoms with van der Waals surface area (Å²) in [4.78, 5) is 28.2. The number of hydrogen-bond donors (Lipinski definition) is 2. The van der Waals surface area contributed by atoms with E-state index < -0.39 is 5.60 Å². The Labute approximate surface area is 210 Å². The fourth-order valence-corrected chi connectivity index (χ4v) is 5.33. The highest BCUT2D eigenvalue weighted by Crippen LogP contribution is 2.53. The molecule has 0 radical (unpaired) electrons. The molecule has 1 saturated heterocycles. The minimum atomic E-state index is -1.01. The second-order valence-corrected chi connectivity index (χ2v) is 9.41. The van der Waals surface area contributed by atoms with Crippen molar-refractivity contribution in [2.24, 2.45) is 5.92 Å². The third kappa shape index (κ3) is 4.14. The number of rotatable bonds is 7. The van der Waals surface area contributed by atoms with E-state index in [0.29, 0.717) is 30.0 Å². The second-order valence-electron chi connectivity index (χ2n) is 9.41. The Bertz CT molecular complexity index is 1260. The molecular formula is C29H30N2O5. The quantitative estimate of drug-likeness (QED) is 0.514. The number of para-hydroxylation sites is 1. The van der Waals surface area contributed by atoms with Crippen molar-refractivity contribution in [1.29, 1.82) is 0 Å². The second kappa shape index (κ2) is 9.76. The van der Waals surface area contributed by atoms with Crippen LogP contribution in [0.3, 0.4) is 0 Å². The van der Waals surface area contributed by atoms with E-state index in [4.69, 9.17) is 9.47 Å². The van der Waals surface area contributed by atoms with Gasteiger partial charge in [-0.05, 0) is 60.9 Å². The number of methoxy groups -OCH3 is 1. The largest absolute Gasteiger partial charge is 0.497 e. The molecule has 2 N–H and O–H groups in total. The van der Waals surface area contributed by atoms with Crippen LogP contribution in [0.4, 0.5) is 11.4 Å². The number of aliphatic hydroxyl groups excluding tert-OH is 1. The van der Waals surface area contributed by atoms with Crippen molar-refractivity contribution >= 4 is 23.2 Å². The van der Waals surface area contributed by atoms with Crippen LogP contribution in [0.5, 0.6) is 5.75 Å². The molecule has 5 rings (SSSR count). The summed E-state index contributed by atoms with van der Waals surface area (Å²) in [7, 11) is 1.58. The zero-order chi connectivity index (χ0) is 25.3. The predicted molar refractivity (Wildman–Crippen MR) is 137 cm³/mol. The summed E-state index contributed by atoms with van der Waals surface area (Å²) in [5.41, 5.74) is 2.89. The Balaban J connectivity index is 1.33. The molecule has 2 aliphatic rings. The van der Waals surface area contributed by atoms with Crippen molar-refractivity contribution in [2.75, 3.05) is 23.9 Å². The molecule has 7 nitrogen and oxygen atoms in total. The third-order valence-corrected chi connectivity index (χ3v) is 7.18. The van der Waals surface area contributed by atoms with Crippen molar-refractivity contribution in [3.05, 3.63) is 89.5 Å². The van der Waals surface area contributed by atoms with Crippen LogP contribution >= 0.6 is 0 Å². The summed E-state index contributed by atoms with van der Waals surface area (Å²) in [6.45, 7) is 2.48. The van der Waals surface area contributed by atoms with Crippen molar-refractivity contribution in [1.82, 2.24) is 0 Å². The van der Waals surface area contributed by atoms with Gasteiger partial charge in [-0.15, -0.1) is 0 Å². The fraction of sp³-hybridized carbons (Fsp3) is 0.310. The van der Waals surface area contributed by atoms with Gasteiger partial charge in [-0.2, -0.15) is 0 Å². The molecule has 1 spiro atoms. The topological polar surface area (TPSA) is 88.1 Å². The summed E-state index contributed by atoms with van der Waals surface area (Å²) in [5.74, 6) is 0.426. The van der Waals surface area contributed by atoms with Gasteiger partial charge in [-0.3, -0.25) is 9.59 Å². The van der Waals surface area contributed by atoms with Crippen molar-refractivity contribution in [3.63, 3.8) is 0 Å². The van der Waals surface area contributed by atoms with Gasteiger partial charge in [0.2, 0.25) is 0 Å². The van der Waals surface area contributed by atoms with Crippen molar-refractivity contribution < 1.29 is 24.2 Å². The first-order valence-electron chi connectivity index (χ1n) is 12.2. The van der Waals surface area contributed by atoms with Gasteiger partial charge in [0.15, 0.2) is 5.60 Å². The lowest BCUT2D eigenvalue weighted by Gasteiger charge is -2.28. The molecule has 0 aromatic heterocycles. The summed E-state index contributed by atoms with van der Waals surface area (Å²) >= 11 is 0. The van der Waals surface area contributed by atoms with Gasteiger partial charge in [0.05, 0.1) is 25.4 Å². The zero-order valence-electron chi connectivity index (χ0n) is 20.4. The van der Waals surface area contributed by atoms with Gasteiger partial charge in [0.1, 0.15) is 5.75 Å². The molecule has 186 valence electrons. The summed E-state index contributed by atoms with van der Waals surface area (Å²) in [6.07, 6.45) is 1.11. The third-order valence-electron chi connectivity index (χ3n) is 7.18. The first kappa shape index (κ1) is 24.0. The van der Waals surface area contributed by atoms with Crippen LogP contribution in [-0.4, -0.2) is 36.7 Å². The number of fused-ring (bicyclic) bond motifs is 2. The van der Waals surface area contributed by atoms with Gasteiger partial charge >= 0.3 is 0 Å². The molecule has 0 unspecified atom stereocenters. The number of ether oxygens (including phenoxy) is 2. The summed E-state index contributed by atoms with van der Waals surface area (Å²) in [5, 5.41) is 12.3. The first-order valence-corrected chi connectivity index (χ1v) is 12.2. The van der Waals surface area contributed by atoms with Crippen LogP contribution in [0.2, 0.25) is 0 Å². The van der Waals surface area contributed by atoms with Gasteiger partial charge in [0.25, 0.3) is 11.8 Å². The Morgan fingerprint density at radius 2 is 1.83 bits per heavy atom. The molecule has 7 heteroatoms. The van der Waals surface area contributed by atoms with E-state index in [1.165, 1.54) is 0 Å². The molecule has 3 atom stereocenters. The molecule has 1 fully saturated rings. The maximum atomic E-state index is 13.8. The van der Waals surface area contributed by atoms with E-state index in [9.17, 15) is 14.7 Å². The number of aliphatic hydroxyl groups is 1. The average Bonchev–Trinajstić information content (AvgIpc) is 3.35. The Kier molecular flexibility index (Phi) is 6.51. The number of anilines is 2. The maximum Gasteiger partial charge on any atom is 0.264 e. The molecule has 36 heavy (non-hydrogen) atoms. The van der Waals surface area contributed by atoms with E-state index in [0.717, 1.165) is 23.2 Å². The zero-order valence-corrected chi connectivity index (χ0v) is 20.4. The number of nitrogens with one attached hydrogen (secondary N) is 1. The van der Waals surface area contributed by atoms with Gasteiger partial charge in [-0.1, -0.05) is 37.3 Å². The molecule has 3 aromatic rings. The summed E-state index contributed by atoms with van der Waals surface area (Å²) < 4.78 is 11.5. The van der Waals surface area contributed by atoms with Crippen molar-refractivity contribution in [3.8, 4) is 5.75 Å². The number of amides is 2. The van der Waals surface area contributed by atoms with Crippen LogP contribution in [0.15, 0.2) is 72.8 Å². The Morgan fingerprint density at radius 1 is 1.11 bits per heavy atom. The highest BCUT2D eigenvalue weighted by atomic mass is 16.5. The lowest BCUT2D eigenvalue weighted by atomic mass is 9.83. The molecule has 0 bridgehead atoms. The van der Waals surface area contributed by atoms with Crippen LogP contribution < -0.4 is 15.0 Å². The molecule has 2 aliphatic heterocycles. The lowest BCUT2D eigenvalue weighted by Crippen LogP contribution is -2.43. The number of nitrogens with zero attached hydrogens (tertiary/aromatic N) is 1. The number of hydrogen-bond acceptors (Lipinski definition) is 5. The fourth-order valence-electron chi connectivity index (χ4n) is 5.33. The molecule has 0 saturated carbocycles. The van der Waals surface area contributed by atoms with E-state index >= 15 is 0 Å². The van der Waals surface area contributed by atoms with Crippen molar-refractivity contribution in [2.45, 2.75) is 38.0 Å². The lowest BCUT2D eigenvalue weighted by molar-refractivity contribution is -0.146. The minimum Gasteiger partial charge on any atom is -0.497 e. The van der Waals surface area contributed by atoms with Crippen LogP contribution in [0.25, 0.3) is 0 Å². The molecule has 3 aromatic carbocycles. The van der Waals surface area contributed by atoms with Crippen LogP contribution in [-0.2, 0) is 21.7 Å². The predicted octanol–water partition coefficient (Wildman–Crippen LogP) is 4.50. The van der Waals surface area contributed by atoms with Gasteiger partial charge < -0.3 is 24.8 Å². The van der Waals surface area contributed by atoms with Gasteiger partial charge in [-0.25, -0.2) is 0 Å². The average molecular weight is 487 g/mol. The Hall–Kier alpha value is -3.68. The standard InChI is InChI=1S/C29H30N2O5/c1-19-17-24(15-16-32)36-29(19)25-5-3-4-6-26(25)31(28(29)34)18-20-7-11-22(12-8-20)30-27(33)21-9-13-23(35-2)14-10-21/h3-14,19,24,32H,15-18H2,1-2H3,(H,30,33)/t19-,24+,29+/m0/s1. The minimum absolute atomic E-state index is 0.00300. The maximum absolute atomic E-state index is 13.8. The Morgan fingerprint density at radius 3 is 2.53 bits per heavy atom. The SMILES string of the molecule is COc1ccc(C(=O)Nc2ccc(CN3C(=O)[C@]4(O[C@H](CCO)C[C@@H]4C)c4ccccc43)cc2)cc1. The molecule has 0 aliphatic carbocycles. The first-order chi connectivity index (χ1) is 17.5. The molecule has 2 amide bonds. The van der Waals surface area contributed by atoms with E-state index in [1.807, 2.05) is 48.5 Å². The van der Waals surface area contributed by atoms with E-state index in [-0.39, 0.29) is 30.4 Å². The number of carbonyl (C=O) groups excluding carboxylic acids is 2. The monoisotopic (exact) mass is 486 g/mol. The smallest absolute Gasteiger partial charge is 0.264 e. The highest BCUT2D eigenvalue weighted by Gasteiger charge is 2.59. The molecule has 2 heterocycles. The van der Waals surface area contributed by atoms with Crippen LogP contribution in [0.1, 0.15) is 41.3 Å². The summed E-state index contributed by atoms with van der Waals surface area (Å²) in [6, 6.07) is 22.2. The molecular weight excluding hydrogens is 456 g/mol. The normalized spacial score (nSPS) is 22.6. The number of carbonyl (C=O) groups is 2. The number of benzene rings is 3. The van der Waals surface area contributed by atoms with Gasteiger partial charge in [0, 0.05) is 29.3 Å².